The van der Waals surface area contributed by atoms with E-state index in [0.29, 0.717) is 16.2 Å². The average molecular weight is 492 g/mol. The summed E-state index contributed by atoms with van der Waals surface area (Å²) in [6, 6.07) is 15.0. The maximum absolute atomic E-state index is 14.8. The quantitative estimate of drug-likeness (QED) is 0.428. The predicted octanol–water partition coefficient (Wildman–Crippen LogP) is 5.14. The minimum Gasteiger partial charge on any atom is -0.268 e. The van der Waals surface area contributed by atoms with Crippen molar-refractivity contribution < 1.29 is 17.6 Å². The molecule has 164 valence electrons. The Labute approximate surface area is 193 Å². The molecule has 0 aliphatic carbocycles. The monoisotopic (exact) mass is 491 g/mol. The normalized spacial score (nSPS) is 11.7. The van der Waals surface area contributed by atoms with Crippen molar-refractivity contribution in [3.8, 4) is 16.9 Å². The lowest BCUT2D eigenvalue weighted by atomic mass is 10.0. The van der Waals surface area contributed by atoms with Crippen LogP contribution in [-0.4, -0.2) is 30.4 Å². The summed E-state index contributed by atoms with van der Waals surface area (Å²) in [4.78, 5) is 12.1. The van der Waals surface area contributed by atoms with Gasteiger partial charge in [0, 0.05) is 22.0 Å². The molecule has 1 aromatic heterocycles. The fraction of sp³-hybridized carbons (Fsp3) is 0.0909. The number of benzene rings is 3. The Kier molecular flexibility index (Phi) is 5.70. The van der Waals surface area contributed by atoms with Crippen LogP contribution in [0, 0.1) is 12.7 Å². The maximum Gasteiger partial charge on any atom is 0.267 e. The van der Waals surface area contributed by atoms with E-state index < -0.39 is 27.3 Å². The smallest absolute Gasteiger partial charge is 0.267 e. The number of hydrogen-bond acceptors (Lipinski definition) is 4. The first-order valence-corrected chi connectivity index (χ1v) is 12.0. The van der Waals surface area contributed by atoms with Crippen LogP contribution in [0.4, 0.5) is 4.39 Å². The number of carbonyl (C=O) groups is 1. The van der Waals surface area contributed by atoms with E-state index in [4.69, 9.17) is 23.2 Å². The van der Waals surface area contributed by atoms with Gasteiger partial charge in [-0.25, -0.2) is 22.2 Å². The second kappa shape index (κ2) is 8.20. The van der Waals surface area contributed by atoms with Gasteiger partial charge in [0.05, 0.1) is 28.0 Å². The zero-order valence-corrected chi connectivity index (χ0v) is 19.2. The molecule has 1 heterocycles. The lowest BCUT2D eigenvalue weighted by Crippen LogP contribution is -2.30. The van der Waals surface area contributed by atoms with Gasteiger partial charge < -0.3 is 0 Å². The minimum absolute atomic E-state index is 0.0146. The number of carbonyl (C=O) groups excluding carboxylic acids is 1. The molecule has 0 bridgehead atoms. The molecule has 0 unspecified atom stereocenters. The van der Waals surface area contributed by atoms with Crippen molar-refractivity contribution in [2.24, 2.45) is 0 Å². The molecule has 0 atom stereocenters. The topological polar surface area (TPSA) is 81.1 Å². The summed E-state index contributed by atoms with van der Waals surface area (Å²) in [5, 5.41) is 5.94. The third kappa shape index (κ3) is 4.21. The number of rotatable bonds is 4. The highest BCUT2D eigenvalue weighted by Gasteiger charge is 2.22. The highest BCUT2D eigenvalue weighted by molar-refractivity contribution is 7.89. The number of nitrogens with zero attached hydrogens (tertiary/aromatic N) is 2. The SMILES string of the molecule is Cc1ccccc1-c1nn(-c2cc(F)c(C(=O)NS(C)(=O)=O)cc2Cl)c2ccc(Cl)cc12. The molecule has 0 fully saturated rings. The number of halogens is 3. The van der Waals surface area contributed by atoms with Gasteiger partial charge in [-0.1, -0.05) is 47.5 Å². The van der Waals surface area contributed by atoms with Crippen molar-refractivity contribution in [2.45, 2.75) is 6.92 Å². The average Bonchev–Trinajstić information content (AvgIpc) is 3.06. The van der Waals surface area contributed by atoms with E-state index in [1.165, 1.54) is 4.68 Å². The van der Waals surface area contributed by atoms with Gasteiger partial charge in [0.25, 0.3) is 5.91 Å². The van der Waals surface area contributed by atoms with Gasteiger partial charge in [-0.15, -0.1) is 0 Å². The fourth-order valence-corrected chi connectivity index (χ4v) is 4.27. The molecule has 0 aliphatic rings. The number of aryl methyl sites for hydroxylation is 1. The van der Waals surface area contributed by atoms with Crippen molar-refractivity contribution in [3.63, 3.8) is 0 Å². The number of sulfonamides is 1. The molecule has 0 radical (unpaired) electrons. The van der Waals surface area contributed by atoms with Gasteiger partial charge >= 0.3 is 0 Å². The van der Waals surface area contributed by atoms with E-state index in [1.54, 1.807) is 22.9 Å². The molecule has 32 heavy (non-hydrogen) atoms. The Bertz CT molecular complexity index is 1500. The summed E-state index contributed by atoms with van der Waals surface area (Å²) in [5.74, 6) is -2.06. The van der Waals surface area contributed by atoms with Crippen LogP contribution < -0.4 is 4.72 Å². The van der Waals surface area contributed by atoms with Crippen LogP contribution in [0.2, 0.25) is 10.0 Å². The van der Waals surface area contributed by atoms with Gasteiger partial charge in [-0.05, 0) is 36.8 Å². The molecule has 4 aromatic rings. The summed E-state index contributed by atoms with van der Waals surface area (Å²) in [6.45, 7) is 1.95. The Morgan fingerprint density at radius 3 is 2.50 bits per heavy atom. The van der Waals surface area contributed by atoms with E-state index in [9.17, 15) is 17.6 Å². The van der Waals surface area contributed by atoms with E-state index in [1.807, 2.05) is 31.2 Å². The molecular weight excluding hydrogens is 476 g/mol. The molecule has 1 N–H and O–H groups in total. The summed E-state index contributed by atoms with van der Waals surface area (Å²) < 4.78 is 40.7. The lowest BCUT2D eigenvalue weighted by Gasteiger charge is -2.10. The molecule has 0 saturated carbocycles. The van der Waals surface area contributed by atoms with Crippen molar-refractivity contribution >= 4 is 50.0 Å². The first-order valence-electron chi connectivity index (χ1n) is 9.31. The zero-order valence-electron chi connectivity index (χ0n) is 16.9. The zero-order chi connectivity index (χ0) is 23.2. The van der Waals surface area contributed by atoms with Crippen LogP contribution in [0.25, 0.3) is 27.8 Å². The van der Waals surface area contributed by atoms with E-state index in [-0.39, 0.29) is 10.7 Å². The van der Waals surface area contributed by atoms with Crippen LogP contribution in [0.1, 0.15) is 15.9 Å². The van der Waals surface area contributed by atoms with Gasteiger partial charge in [0.1, 0.15) is 11.5 Å². The highest BCUT2D eigenvalue weighted by atomic mass is 35.5. The van der Waals surface area contributed by atoms with E-state index >= 15 is 0 Å². The van der Waals surface area contributed by atoms with Gasteiger partial charge in [-0.2, -0.15) is 5.10 Å². The number of nitrogens with one attached hydrogen (secondary N) is 1. The molecule has 4 rings (SSSR count). The Balaban J connectivity index is 1.92. The largest absolute Gasteiger partial charge is 0.268 e. The Morgan fingerprint density at radius 2 is 1.81 bits per heavy atom. The maximum atomic E-state index is 14.8. The molecule has 1 amide bonds. The van der Waals surface area contributed by atoms with Crippen molar-refractivity contribution in [1.29, 1.82) is 0 Å². The highest BCUT2D eigenvalue weighted by Crippen LogP contribution is 2.35. The Hall–Kier alpha value is -2.94. The minimum atomic E-state index is -3.87. The molecule has 0 saturated heterocycles. The molecular formula is C22H16Cl2FN3O3S. The van der Waals surface area contributed by atoms with Crippen LogP contribution in [0.5, 0.6) is 0 Å². The number of aromatic nitrogens is 2. The second-order valence-corrected chi connectivity index (χ2v) is 9.82. The summed E-state index contributed by atoms with van der Waals surface area (Å²) in [5.41, 5.74) is 2.82. The first kappa shape index (κ1) is 22.3. The summed E-state index contributed by atoms with van der Waals surface area (Å²) >= 11 is 12.6. The van der Waals surface area contributed by atoms with Crippen molar-refractivity contribution in [1.82, 2.24) is 14.5 Å². The Morgan fingerprint density at radius 1 is 1.09 bits per heavy atom. The lowest BCUT2D eigenvalue weighted by molar-refractivity contribution is 0.0978. The van der Waals surface area contributed by atoms with Gasteiger partial charge in [0.15, 0.2) is 0 Å². The second-order valence-electron chi connectivity index (χ2n) is 7.22. The van der Waals surface area contributed by atoms with Gasteiger partial charge in [0.2, 0.25) is 10.0 Å². The number of amides is 1. The van der Waals surface area contributed by atoms with Crippen molar-refractivity contribution in [2.75, 3.05) is 6.26 Å². The fourth-order valence-electron chi connectivity index (χ4n) is 3.41. The van der Waals surface area contributed by atoms with Gasteiger partial charge in [-0.3, -0.25) is 4.79 Å². The van der Waals surface area contributed by atoms with Crippen LogP contribution in [0.15, 0.2) is 54.6 Å². The predicted molar refractivity (Wildman–Crippen MR) is 124 cm³/mol. The van der Waals surface area contributed by atoms with Crippen LogP contribution in [0.3, 0.4) is 0 Å². The molecule has 0 aliphatic heterocycles. The standard InChI is InChI=1S/C22H16Cl2FN3O3S/c1-12-5-3-4-6-14(12)21-16-9-13(23)7-8-19(16)28(26-21)20-11-18(25)15(10-17(20)24)22(29)27-32(2,30)31/h3-11H,1-2H3,(H,27,29). The molecule has 6 nitrogen and oxygen atoms in total. The summed E-state index contributed by atoms with van der Waals surface area (Å²) in [7, 11) is -3.87. The molecule has 3 aromatic carbocycles. The number of hydrogen-bond donors (Lipinski definition) is 1. The van der Waals surface area contributed by atoms with E-state index in [0.717, 1.165) is 34.9 Å². The third-order valence-corrected chi connectivity index (χ3v) is 5.92. The van der Waals surface area contributed by atoms with Crippen LogP contribution >= 0.6 is 23.2 Å². The number of fused-ring (bicyclic) bond motifs is 1. The first-order chi connectivity index (χ1) is 15.0. The molecule has 10 heteroatoms. The van der Waals surface area contributed by atoms with E-state index in [2.05, 4.69) is 5.10 Å². The van der Waals surface area contributed by atoms with Crippen molar-refractivity contribution in [3.05, 3.63) is 81.6 Å². The summed E-state index contributed by atoms with van der Waals surface area (Å²) in [6.07, 6.45) is 0.799. The van der Waals surface area contributed by atoms with Crippen LogP contribution in [-0.2, 0) is 10.0 Å². The molecule has 0 spiro atoms. The third-order valence-electron chi connectivity index (χ3n) is 4.83.